The molecule has 0 saturated heterocycles. The Hall–Kier alpha value is -1.40. The maximum atomic E-state index is 12.4. The predicted molar refractivity (Wildman–Crippen MR) is 41.5 cm³/mol. The molecule has 1 N–H and O–H groups in total. The van der Waals surface area contributed by atoms with Gasteiger partial charge in [-0.05, 0) is 6.07 Å². The molecule has 0 aliphatic carbocycles. The summed E-state index contributed by atoms with van der Waals surface area (Å²) < 4.78 is 48.1. The first-order valence-electron chi connectivity index (χ1n) is 3.68. The van der Waals surface area contributed by atoms with E-state index in [9.17, 15) is 17.6 Å². The van der Waals surface area contributed by atoms with Gasteiger partial charge in [0.25, 0.3) is 0 Å². The van der Waals surface area contributed by atoms with E-state index in [0.29, 0.717) is 0 Å². The summed E-state index contributed by atoms with van der Waals surface area (Å²) in [5.74, 6) is -3.97. The summed E-state index contributed by atoms with van der Waals surface area (Å²) in [7, 11) is 0. The minimum Gasteiger partial charge on any atom is -0.364 e. The van der Waals surface area contributed by atoms with Crippen molar-refractivity contribution in [2.75, 3.05) is 11.9 Å². The summed E-state index contributed by atoms with van der Waals surface area (Å²) in [6.45, 7) is -1.15. The summed E-state index contributed by atoms with van der Waals surface area (Å²) in [4.78, 5) is 7.08. The Morgan fingerprint density at radius 3 is 2.64 bits per heavy atom. The van der Waals surface area contributed by atoms with Crippen LogP contribution in [0.1, 0.15) is 0 Å². The van der Waals surface area contributed by atoms with Gasteiger partial charge in [-0.25, -0.2) is 18.7 Å². The molecule has 0 fully saturated rings. The fraction of sp³-hybridized carbons (Fsp3) is 0.429. The third-order valence-electron chi connectivity index (χ3n) is 1.41. The maximum absolute atomic E-state index is 12.4. The Balaban J connectivity index is 2.49. The number of nitrogens with zero attached hydrogens (tertiary/aromatic N) is 2. The highest BCUT2D eigenvalue weighted by Crippen LogP contribution is 2.22. The van der Waals surface area contributed by atoms with Crippen molar-refractivity contribution in [3.05, 3.63) is 18.6 Å². The van der Waals surface area contributed by atoms with Gasteiger partial charge in [0, 0.05) is 6.20 Å². The monoisotopic (exact) mass is 209 g/mol. The Bertz CT molecular complexity index is 278. The Labute approximate surface area is 77.2 Å². The van der Waals surface area contributed by atoms with Crippen LogP contribution < -0.4 is 5.32 Å². The van der Waals surface area contributed by atoms with Gasteiger partial charge in [-0.15, -0.1) is 0 Å². The Morgan fingerprint density at radius 1 is 1.43 bits per heavy atom. The van der Waals surface area contributed by atoms with Gasteiger partial charge in [0.1, 0.15) is 12.1 Å². The van der Waals surface area contributed by atoms with Crippen molar-refractivity contribution in [2.45, 2.75) is 12.3 Å². The van der Waals surface area contributed by atoms with E-state index in [1.807, 2.05) is 0 Å². The molecule has 0 bridgehead atoms. The zero-order valence-corrected chi connectivity index (χ0v) is 6.92. The second-order valence-electron chi connectivity index (χ2n) is 2.51. The summed E-state index contributed by atoms with van der Waals surface area (Å²) in [6, 6.07) is 1.31. The first kappa shape index (κ1) is 10.7. The van der Waals surface area contributed by atoms with Crippen LogP contribution in [-0.4, -0.2) is 28.9 Å². The standard InChI is InChI=1S/C7H7F4N3/c8-6(9)7(10,11)3-13-5-1-2-12-4-14-5/h1-2,4,6H,3H2,(H,12,13,14). The molecular formula is C7H7F4N3. The third-order valence-corrected chi connectivity index (χ3v) is 1.41. The summed E-state index contributed by atoms with van der Waals surface area (Å²) in [5, 5.41) is 2.09. The van der Waals surface area contributed by atoms with Crippen molar-refractivity contribution in [3.8, 4) is 0 Å². The molecule has 1 aromatic heterocycles. The molecule has 0 atom stereocenters. The molecule has 7 heteroatoms. The van der Waals surface area contributed by atoms with Gasteiger partial charge in [-0.2, -0.15) is 8.78 Å². The van der Waals surface area contributed by atoms with Crippen LogP contribution in [-0.2, 0) is 0 Å². The highest BCUT2D eigenvalue weighted by molar-refractivity contribution is 5.31. The molecule has 78 valence electrons. The van der Waals surface area contributed by atoms with Crippen LogP contribution in [0, 0.1) is 0 Å². The van der Waals surface area contributed by atoms with Crippen molar-refractivity contribution in [1.82, 2.24) is 9.97 Å². The smallest absolute Gasteiger partial charge is 0.324 e. The molecular weight excluding hydrogens is 202 g/mol. The van der Waals surface area contributed by atoms with E-state index >= 15 is 0 Å². The summed E-state index contributed by atoms with van der Waals surface area (Å²) in [6.07, 6.45) is -1.24. The topological polar surface area (TPSA) is 37.8 Å². The first-order valence-corrected chi connectivity index (χ1v) is 3.68. The molecule has 0 amide bonds. The van der Waals surface area contributed by atoms with E-state index < -0.39 is 18.9 Å². The number of halogens is 4. The van der Waals surface area contributed by atoms with Crippen molar-refractivity contribution in [1.29, 1.82) is 0 Å². The van der Waals surface area contributed by atoms with Crippen LogP contribution in [0.15, 0.2) is 18.6 Å². The van der Waals surface area contributed by atoms with Crippen molar-refractivity contribution >= 4 is 5.82 Å². The Kier molecular flexibility index (Phi) is 3.21. The average Bonchev–Trinajstić information content (AvgIpc) is 2.16. The van der Waals surface area contributed by atoms with E-state index in [2.05, 4.69) is 15.3 Å². The maximum Gasteiger partial charge on any atom is 0.324 e. The number of hydrogen-bond acceptors (Lipinski definition) is 3. The molecule has 0 aliphatic heterocycles. The zero-order valence-electron chi connectivity index (χ0n) is 6.92. The highest BCUT2D eigenvalue weighted by atomic mass is 19.3. The summed E-state index contributed by atoms with van der Waals surface area (Å²) in [5.41, 5.74) is 0. The number of alkyl halides is 4. The number of anilines is 1. The molecule has 1 heterocycles. The van der Waals surface area contributed by atoms with Gasteiger partial charge in [-0.1, -0.05) is 0 Å². The second-order valence-corrected chi connectivity index (χ2v) is 2.51. The van der Waals surface area contributed by atoms with Gasteiger partial charge < -0.3 is 5.32 Å². The van der Waals surface area contributed by atoms with Gasteiger partial charge >= 0.3 is 12.3 Å². The van der Waals surface area contributed by atoms with Crippen LogP contribution in [0.2, 0.25) is 0 Å². The minimum atomic E-state index is -4.05. The fourth-order valence-electron chi connectivity index (χ4n) is 0.681. The molecule has 0 aromatic carbocycles. The number of nitrogens with one attached hydrogen (secondary N) is 1. The highest BCUT2D eigenvalue weighted by Gasteiger charge is 2.40. The largest absolute Gasteiger partial charge is 0.364 e. The van der Waals surface area contributed by atoms with Crippen LogP contribution in [0.25, 0.3) is 0 Å². The molecule has 0 unspecified atom stereocenters. The normalized spacial score (nSPS) is 11.8. The lowest BCUT2D eigenvalue weighted by atomic mass is 10.3. The van der Waals surface area contributed by atoms with Gasteiger partial charge in [-0.3, -0.25) is 0 Å². The lowest BCUT2D eigenvalue weighted by Gasteiger charge is -2.15. The van der Waals surface area contributed by atoms with Crippen molar-refractivity contribution in [2.24, 2.45) is 0 Å². The fourth-order valence-corrected chi connectivity index (χ4v) is 0.681. The van der Waals surface area contributed by atoms with Crippen LogP contribution in [0.4, 0.5) is 23.4 Å². The van der Waals surface area contributed by atoms with Crippen molar-refractivity contribution < 1.29 is 17.6 Å². The van der Waals surface area contributed by atoms with E-state index in [-0.39, 0.29) is 5.82 Å². The van der Waals surface area contributed by atoms with Crippen LogP contribution in [0.3, 0.4) is 0 Å². The van der Waals surface area contributed by atoms with E-state index in [1.54, 1.807) is 0 Å². The van der Waals surface area contributed by atoms with Crippen LogP contribution in [0.5, 0.6) is 0 Å². The predicted octanol–water partition coefficient (Wildman–Crippen LogP) is 1.79. The van der Waals surface area contributed by atoms with Gasteiger partial charge in [0.15, 0.2) is 0 Å². The molecule has 0 saturated carbocycles. The van der Waals surface area contributed by atoms with Gasteiger partial charge in [0.05, 0.1) is 6.54 Å². The first-order chi connectivity index (χ1) is 6.52. The van der Waals surface area contributed by atoms with Gasteiger partial charge in [0.2, 0.25) is 0 Å². The third kappa shape index (κ3) is 2.82. The Morgan fingerprint density at radius 2 is 2.14 bits per heavy atom. The summed E-state index contributed by atoms with van der Waals surface area (Å²) >= 11 is 0. The SMILES string of the molecule is FC(F)C(F)(F)CNc1ccncn1. The van der Waals surface area contributed by atoms with E-state index in [4.69, 9.17) is 0 Å². The molecule has 0 radical (unpaired) electrons. The lowest BCUT2D eigenvalue weighted by Crippen LogP contribution is -2.35. The average molecular weight is 209 g/mol. The molecule has 0 spiro atoms. The zero-order chi connectivity index (χ0) is 10.6. The minimum absolute atomic E-state index is 0.0836. The number of hydrogen-bond donors (Lipinski definition) is 1. The van der Waals surface area contributed by atoms with E-state index in [0.717, 1.165) is 6.33 Å². The molecule has 14 heavy (non-hydrogen) atoms. The van der Waals surface area contributed by atoms with Crippen molar-refractivity contribution in [3.63, 3.8) is 0 Å². The number of aromatic nitrogens is 2. The molecule has 3 nitrogen and oxygen atoms in total. The number of rotatable bonds is 4. The lowest BCUT2D eigenvalue weighted by molar-refractivity contribution is -0.117. The van der Waals surface area contributed by atoms with E-state index in [1.165, 1.54) is 12.3 Å². The molecule has 0 aliphatic rings. The molecule has 1 rings (SSSR count). The second kappa shape index (κ2) is 4.21. The quantitative estimate of drug-likeness (QED) is 0.768. The van der Waals surface area contributed by atoms with Crippen LogP contribution >= 0.6 is 0 Å². The molecule has 1 aromatic rings.